The fourth-order valence-corrected chi connectivity index (χ4v) is 5.82. The van der Waals surface area contributed by atoms with Gasteiger partial charge in [0.25, 0.3) is 11.8 Å². The van der Waals surface area contributed by atoms with Gasteiger partial charge >= 0.3 is 5.97 Å². The predicted molar refractivity (Wildman–Crippen MR) is 198 cm³/mol. The molecule has 2 aromatic heterocycles. The van der Waals surface area contributed by atoms with E-state index in [0.29, 0.717) is 17.8 Å². The molecule has 0 aliphatic heterocycles. The monoisotopic (exact) mass is 729 g/mol. The number of anilines is 1. The number of aromatic nitrogens is 3. The molecular formula is C42H37F2N5O5. The number of nitriles is 1. The Morgan fingerprint density at radius 1 is 0.889 bits per heavy atom. The van der Waals surface area contributed by atoms with Crippen molar-refractivity contribution < 1.29 is 32.5 Å². The molecule has 0 N–H and O–H groups in total. The van der Waals surface area contributed by atoms with Crippen LogP contribution >= 0.6 is 0 Å². The lowest BCUT2D eigenvalue weighted by Gasteiger charge is -2.29. The second-order valence-corrected chi connectivity index (χ2v) is 12.2. The summed E-state index contributed by atoms with van der Waals surface area (Å²) >= 11 is 0. The lowest BCUT2D eigenvalue weighted by Crippen LogP contribution is -2.41. The van der Waals surface area contributed by atoms with Gasteiger partial charge in [-0.1, -0.05) is 72.8 Å². The minimum absolute atomic E-state index is 0.0506. The Kier molecular flexibility index (Phi) is 11.8. The molecule has 12 heteroatoms. The first-order valence-electron chi connectivity index (χ1n) is 17.2. The van der Waals surface area contributed by atoms with E-state index in [0.717, 1.165) is 11.1 Å². The molecule has 54 heavy (non-hydrogen) atoms. The third-order valence-corrected chi connectivity index (χ3v) is 8.57. The van der Waals surface area contributed by atoms with Crippen molar-refractivity contribution in [3.8, 4) is 46.5 Å². The van der Waals surface area contributed by atoms with Crippen LogP contribution in [0.5, 0.6) is 29.0 Å². The zero-order valence-corrected chi connectivity index (χ0v) is 29.9. The van der Waals surface area contributed by atoms with Gasteiger partial charge in [0.1, 0.15) is 29.9 Å². The molecule has 1 atom stereocenters. The number of ether oxygens (including phenoxy) is 4. The van der Waals surface area contributed by atoms with Gasteiger partial charge in [-0.25, -0.2) is 9.78 Å². The number of rotatable bonds is 15. The Labute approximate surface area is 311 Å². The first-order valence-corrected chi connectivity index (χ1v) is 17.2. The maximum Gasteiger partial charge on any atom is 0.328 e. The Morgan fingerprint density at radius 3 is 2.26 bits per heavy atom. The van der Waals surface area contributed by atoms with Gasteiger partial charge in [-0.3, -0.25) is 0 Å². The highest BCUT2D eigenvalue weighted by molar-refractivity contribution is 5.80. The highest BCUT2D eigenvalue weighted by atomic mass is 19.1. The Morgan fingerprint density at radius 2 is 1.59 bits per heavy atom. The number of hydrogen-bond donors (Lipinski definition) is 0. The number of likely N-dealkylation sites (N-methyl/N-ethyl adjacent to an activating group) is 1. The van der Waals surface area contributed by atoms with Crippen LogP contribution in [0.15, 0.2) is 116 Å². The van der Waals surface area contributed by atoms with E-state index in [2.05, 4.69) is 9.97 Å². The summed E-state index contributed by atoms with van der Waals surface area (Å²) in [5, 5.41) is 9.68. The molecule has 0 bridgehead atoms. The van der Waals surface area contributed by atoms with Crippen molar-refractivity contribution in [2.24, 2.45) is 7.05 Å². The summed E-state index contributed by atoms with van der Waals surface area (Å²) in [6.07, 6.45) is 4.01. The Hall–Kier alpha value is -6.74. The molecule has 0 spiro atoms. The number of nitrogens with zero attached hydrogens (tertiary/aromatic N) is 5. The summed E-state index contributed by atoms with van der Waals surface area (Å²) in [5.41, 5.74) is 2.02. The van der Waals surface area contributed by atoms with Crippen LogP contribution in [0.25, 0.3) is 11.4 Å². The minimum Gasteiger partial charge on any atom is -0.485 e. The number of halogens is 2. The number of esters is 1. The highest BCUT2D eigenvalue weighted by Gasteiger charge is 2.33. The van der Waals surface area contributed by atoms with Crippen molar-refractivity contribution in [1.29, 1.82) is 5.26 Å². The zero-order chi connectivity index (χ0) is 38.0. The van der Waals surface area contributed by atoms with Gasteiger partial charge in [-0.05, 0) is 55.2 Å². The van der Waals surface area contributed by atoms with Gasteiger partial charge in [0.15, 0.2) is 11.5 Å². The zero-order valence-electron chi connectivity index (χ0n) is 29.9. The molecule has 2 heterocycles. The molecular weight excluding hydrogens is 692 g/mol. The number of imidazole rings is 1. The van der Waals surface area contributed by atoms with Gasteiger partial charge in [0.05, 0.1) is 18.2 Å². The van der Waals surface area contributed by atoms with Crippen molar-refractivity contribution in [3.05, 3.63) is 144 Å². The third kappa shape index (κ3) is 8.65. The summed E-state index contributed by atoms with van der Waals surface area (Å²) < 4.78 is 58.8. The quantitative estimate of drug-likeness (QED) is 0.0958. The molecule has 0 radical (unpaired) electrons. The second kappa shape index (κ2) is 17.2. The summed E-state index contributed by atoms with van der Waals surface area (Å²) in [4.78, 5) is 23.1. The van der Waals surface area contributed by atoms with Crippen LogP contribution in [0.2, 0.25) is 0 Å². The number of aryl methyl sites for hydroxylation is 2. The van der Waals surface area contributed by atoms with Crippen LogP contribution in [0, 0.1) is 23.0 Å². The van der Waals surface area contributed by atoms with Gasteiger partial charge < -0.3 is 28.4 Å². The van der Waals surface area contributed by atoms with Crippen LogP contribution in [0.3, 0.4) is 0 Å². The molecule has 0 saturated carbocycles. The van der Waals surface area contributed by atoms with E-state index >= 15 is 8.78 Å². The van der Waals surface area contributed by atoms with E-state index in [-0.39, 0.29) is 42.4 Å². The van der Waals surface area contributed by atoms with E-state index < -0.39 is 41.1 Å². The first kappa shape index (κ1) is 37.0. The molecule has 0 amide bonds. The number of benzene rings is 4. The Bertz CT molecular complexity index is 2260. The normalized spacial score (nSPS) is 11.3. The standard InChI is InChI=1S/C42H37F2N5O5/c1-4-51-42(50)33(20-18-28-12-7-5-8-13-28)49(3)38-36(43)40(53-32-17-11-16-31(25-32)39-46-22-23-48(39)2)47-41(37(38)44)54-35-24-30(26-45)19-21-34(35)52-27-29-14-9-6-10-15-29/h5-17,19,21-25,33H,4,18,20,27H2,1-3H3. The first-order chi connectivity index (χ1) is 26.2. The topological polar surface area (TPSA) is 112 Å². The van der Waals surface area contributed by atoms with E-state index in [9.17, 15) is 10.1 Å². The summed E-state index contributed by atoms with van der Waals surface area (Å²) in [5.74, 6) is -3.43. The van der Waals surface area contributed by atoms with Crippen LogP contribution < -0.4 is 19.1 Å². The van der Waals surface area contributed by atoms with E-state index in [1.165, 1.54) is 30.1 Å². The summed E-state index contributed by atoms with van der Waals surface area (Å²) in [6.45, 7) is 1.86. The lowest BCUT2D eigenvalue weighted by molar-refractivity contribution is -0.144. The van der Waals surface area contributed by atoms with Crippen molar-refractivity contribution >= 4 is 11.7 Å². The average molecular weight is 730 g/mol. The van der Waals surface area contributed by atoms with Gasteiger partial charge in [0.2, 0.25) is 11.6 Å². The molecule has 4 aromatic carbocycles. The van der Waals surface area contributed by atoms with E-state index in [1.807, 2.05) is 84.4 Å². The number of carbonyl (C=O) groups is 1. The van der Waals surface area contributed by atoms with Crippen molar-refractivity contribution in [2.75, 3.05) is 18.6 Å². The second-order valence-electron chi connectivity index (χ2n) is 12.2. The fourth-order valence-electron chi connectivity index (χ4n) is 5.82. The molecule has 0 fully saturated rings. The van der Waals surface area contributed by atoms with Gasteiger partial charge in [-0.15, -0.1) is 0 Å². The van der Waals surface area contributed by atoms with Crippen molar-refractivity contribution in [1.82, 2.24) is 14.5 Å². The van der Waals surface area contributed by atoms with Gasteiger partial charge in [-0.2, -0.15) is 19.0 Å². The van der Waals surface area contributed by atoms with Gasteiger partial charge in [0, 0.05) is 38.1 Å². The molecule has 1 unspecified atom stereocenters. The maximum atomic E-state index is 16.8. The molecule has 6 rings (SSSR count). The molecule has 274 valence electrons. The van der Waals surface area contributed by atoms with Crippen molar-refractivity contribution in [2.45, 2.75) is 32.4 Å². The molecule has 10 nitrogen and oxygen atoms in total. The molecule has 0 aliphatic carbocycles. The smallest absolute Gasteiger partial charge is 0.328 e. The highest BCUT2D eigenvalue weighted by Crippen LogP contribution is 2.41. The van der Waals surface area contributed by atoms with Crippen LogP contribution in [-0.4, -0.2) is 40.2 Å². The number of pyridine rings is 1. The summed E-state index contributed by atoms with van der Waals surface area (Å²) in [7, 11) is 3.23. The fraction of sp³-hybridized carbons (Fsp3) is 0.190. The van der Waals surface area contributed by atoms with Crippen LogP contribution in [-0.2, 0) is 29.6 Å². The van der Waals surface area contributed by atoms with Crippen LogP contribution in [0.1, 0.15) is 30.0 Å². The average Bonchev–Trinajstić information content (AvgIpc) is 3.63. The predicted octanol–water partition coefficient (Wildman–Crippen LogP) is 8.80. The number of carbonyl (C=O) groups excluding carboxylic acids is 1. The number of hydrogen-bond acceptors (Lipinski definition) is 9. The molecule has 0 saturated heterocycles. The molecule has 6 aromatic rings. The minimum atomic E-state index is -1.21. The van der Waals surface area contributed by atoms with E-state index in [4.69, 9.17) is 18.9 Å². The van der Waals surface area contributed by atoms with Crippen molar-refractivity contribution in [3.63, 3.8) is 0 Å². The Balaban J connectivity index is 1.43. The third-order valence-electron chi connectivity index (χ3n) is 8.57. The lowest BCUT2D eigenvalue weighted by atomic mass is 10.0. The van der Waals surface area contributed by atoms with E-state index in [1.54, 1.807) is 37.5 Å². The maximum absolute atomic E-state index is 16.8. The largest absolute Gasteiger partial charge is 0.485 e. The molecule has 0 aliphatic rings. The van der Waals surface area contributed by atoms with Crippen LogP contribution in [0.4, 0.5) is 14.5 Å². The SMILES string of the molecule is CCOC(=O)C(CCc1ccccc1)N(C)c1c(F)c(Oc2cccc(-c3nccn3C)c2)nc(Oc2cc(C#N)ccc2OCc2ccccc2)c1F. The summed E-state index contributed by atoms with van der Waals surface area (Å²) in [6, 6.07) is 30.9.